The summed E-state index contributed by atoms with van der Waals surface area (Å²) >= 11 is 0. The molecule has 1 aromatic carbocycles. The maximum Gasteiger partial charge on any atom is 0.180 e. The van der Waals surface area contributed by atoms with Crippen molar-refractivity contribution in [2.75, 3.05) is 6.73 Å². The minimum atomic E-state index is 0.400. The predicted molar refractivity (Wildman–Crippen MR) is 36.6 cm³/mol. The third-order valence-corrected chi connectivity index (χ3v) is 1.39. The first kappa shape index (κ1) is 5.47. The van der Waals surface area contributed by atoms with E-state index in [1.54, 1.807) is 0 Å². The van der Waals surface area contributed by atoms with Crippen molar-refractivity contribution >= 4 is 6.26 Å². The SMILES string of the molecule is [C]1=c2ccccc2=NCO1. The fraction of sp³-hybridized carbons (Fsp3) is 0.125. The van der Waals surface area contributed by atoms with E-state index in [1.165, 1.54) is 0 Å². The van der Waals surface area contributed by atoms with E-state index in [2.05, 4.69) is 11.3 Å². The van der Waals surface area contributed by atoms with E-state index in [9.17, 15) is 0 Å². The van der Waals surface area contributed by atoms with E-state index in [0.29, 0.717) is 6.73 Å². The Kier molecular flexibility index (Phi) is 1.17. The Morgan fingerprint density at radius 1 is 1.40 bits per heavy atom. The molecule has 0 unspecified atom stereocenters. The van der Waals surface area contributed by atoms with Crippen LogP contribution >= 0.6 is 0 Å². The lowest BCUT2D eigenvalue weighted by Gasteiger charge is -1.98. The lowest BCUT2D eigenvalue weighted by Crippen LogP contribution is -2.27. The average molecular weight is 132 g/mol. The molecule has 0 fully saturated rings. The standard InChI is InChI=1S/C8H6NO/c1-2-4-8-7(3-1)5-10-6-9-8/h1-4H,6H2. The largest absolute Gasteiger partial charge is 0.467 e. The summed E-state index contributed by atoms with van der Waals surface area (Å²) in [5, 5.41) is 1.91. The van der Waals surface area contributed by atoms with Crippen LogP contribution in [0.3, 0.4) is 0 Å². The van der Waals surface area contributed by atoms with Crippen LogP contribution in [-0.4, -0.2) is 6.73 Å². The molecular weight excluding hydrogens is 126 g/mol. The van der Waals surface area contributed by atoms with E-state index in [1.807, 2.05) is 24.3 Å². The summed E-state index contributed by atoms with van der Waals surface area (Å²) in [5.41, 5.74) is 0. The molecule has 0 saturated heterocycles. The number of rotatable bonds is 0. The molecule has 1 aromatic rings. The third kappa shape index (κ3) is 0.778. The zero-order valence-electron chi connectivity index (χ0n) is 5.37. The Morgan fingerprint density at radius 3 is 3.20 bits per heavy atom. The molecule has 0 atom stereocenters. The molecule has 2 rings (SSSR count). The highest BCUT2D eigenvalue weighted by atomic mass is 16.5. The molecule has 0 bridgehead atoms. The number of nitrogens with zero attached hydrogens (tertiary/aromatic N) is 1. The minimum Gasteiger partial charge on any atom is -0.467 e. The Hall–Kier alpha value is -1.31. The van der Waals surface area contributed by atoms with Gasteiger partial charge in [0.2, 0.25) is 0 Å². The molecule has 49 valence electrons. The quantitative estimate of drug-likeness (QED) is 0.483. The molecule has 1 radical (unpaired) electrons. The topological polar surface area (TPSA) is 21.6 Å². The monoisotopic (exact) mass is 132 g/mol. The number of benzene rings is 1. The van der Waals surface area contributed by atoms with Gasteiger partial charge in [0.25, 0.3) is 0 Å². The summed E-state index contributed by atoms with van der Waals surface area (Å²) in [6.07, 6.45) is 2.77. The first-order valence-corrected chi connectivity index (χ1v) is 3.11. The van der Waals surface area contributed by atoms with Gasteiger partial charge in [-0.2, -0.15) is 0 Å². The minimum absolute atomic E-state index is 0.400. The van der Waals surface area contributed by atoms with Crippen molar-refractivity contribution in [1.29, 1.82) is 0 Å². The van der Waals surface area contributed by atoms with Crippen molar-refractivity contribution < 1.29 is 4.74 Å². The van der Waals surface area contributed by atoms with Gasteiger partial charge in [-0.05, 0) is 12.1 Å². The molecule has 0 N–H and O–H groups in total. The van der Waals surface area contributed by atoms with Gasteiger partial charge in [-0.25, -0.2) is 4.99 Å². The van der Waals surface area contributed by atoms with Gasteiger partial charge < -0.3 is 4.74 Å². The first-order valence-electron chi connectivity index (χ1n) is 3.11. The highest BCUT2D eigenvalue weighted by Crippen LogP contribution is 1.81. The molecule has 0 amide bonds. The molecule has 2 nitrogen and oxygen atoms in total. The summed E-state index contributed by atoms with van der Waals surface area (Å²) in [6, 6.07) is 7.77. The molecule has 1 heterocycles. The zero-order chi connectivity index (χ0) is 6.81. The van der Waals surface area contributed by atoms with Crippen LogP contribution in [0, 0.1) is 0 Å². The third-order valence-electron chi connectivity index (χ3n) is 1.39. The number of ether oxygens (including phenoxy) is 1. The van der Waals surface area contributed by atoms with Gasteiger partial charge in [0.05, 0.1) is 5.36 Å². The van der Waals surface area contributed by atoms with Gasteiger partial charge >= 0.3 is 0 Å². The van der Waals surface area contributed by atoms with Crippen LogP contribution in [-0.2, 0) is 4.74 Å². The van der Waals surface area contributed by atoms with Gasteiger partial charge in [0.1, 0.15) is 0 Å². The van der Waals surface area contributed by atoms with Crippen molar-refractivity contribution in [3.8, 4) is 0 Å². The van der Waals surface area contributed by atoms with Crippen LogP contribution in [0.25, 0.3) is 6.26 Å². The van der Waals surface area contributed by atoms with Crippen molar-refractivity contribution in [1.82, 2.24) is 0 Å². The Labute approximate surface area is 58.5 Å². The van der Waals surface area contributed by atoms with Crippen LogP contribution in [0.5, 0.6) is 0 Å². The number of para-hydroxylation sites is 1. The van der Waals surface area contributed by atoms with Crippen LogP contribution < -0.4 is 10.6 Å². The summed E-state index contributed by atoms with van der Waals surface area (Å²) in [6.45, 7) is 0.400. The number of hydrogen-bond donors (Lipinski definition) is 0. The van der Waals surface area contributed by atoms with Gasteiger partial charge in [0, 0.05) is 5.22 Å². The van der Waals surface area contributed by atoms with Gasteiger partial charge in [-0.15, -0.1) is 0 Å². The zero-order valence-corrected chi connectivity index (χ0v) is 5.37. The lowest BCUT2D eigenvalue weighted by atomic mass is 10.3. The second kappa shape index (κ2) is 2.14. The fourth-order valence-electron chi connectivity index (χ4n) is 0.910. The van der Waals surface area contributed by atoms with E-state index in [-0.39, 0.29) is 0 Å². The lowest BCUT2D eigenvalue weighted by molar-refractivity contribution is 0.296. The maximum atomic E-state index is 4.88. The number of fused-ring (bicyclic) bond motifs is 1. The smallest absolute Gasteiger partial charge is 0.180 e. The Balaban J connectivity index is 2.84. The van der Waals surface area contributed by atoms with Crippen molar-refractivity contribution in [2.45, 2.75) is 0 Å². The molecule has 1 aliphatic heterocycles. The average Bonchev–Trinajstić information content (AvgIpc) is 2.05. The molecule has 1 aliphatic rings. The fourth-order valence-corrected chi connectivity index (χ4v) is 0.910. The van der Waals surface area contributed by atoms with Gasteiger partial charge in [-0.1, -0.05) is 12.1 Å². The molecule has 0 aliphatic carbocycles. The molecule has 10 heavy (non-hydrogen) atoms. The van der Waals surface area contributed by atoms with E-state index < -0.39 is 0 Å². The van der Waals surface area contributed by atoms with E-state index >= 15 is 0 Å². The van der Waals surface area contributed by atoms with Crippen LogP contribution in [0.15, 0.2) is 29.3 Å². The summed E-state index contributed by atoms with van der Waals surface area (Å²) in [4.78, 5) is 4.11. The normalized spacial score (nSPS) is 14.0. The van der Waals surface area contributed by atoms with E-state index in [0.717, 1.165) is 10.6 Å². The van der Waals surface area contributed by atoms with Crippen molar-refractivity contribution in [2.24, 2.45) is 4.99 Å². The second-order valence-electron chi connectivity index (χ2n) is 2.05. The van der Waals surface area contributed by atoms with Crippen molar-refractivity contribution in [3.05, 3.63) is 34.8 Å². The highest BCUT2D eigenvalue weighted by molar-refractivity contribution is 5.17. The Bertz CT molecular complexity index is 308. The summed E-state index contributed by atoms with van der Waals surface area (Å²) in [5.74, 6) is 0. The van der Waals surface area contributed by atoms with Crippen molar-refractivity contribution in [3.63, 3.8) is 0 Å². The van der Waals surface area contributed by atoms with Crippen LogP contribution in [0.4, 0.5) is 0 Å². The molecule has 2 heteroatoms. The van der Waals surface area contributed by atoms with Gasteiger partial charge in [-0.3, -0.25) is 0 Å². The molecule has 0 aromatic heterocycles. The first-order chi connectivity index (χ1) is 4.97. The molecule has 0 saturated carbocycles. The number of hydrogen-bond acceptors (Lipinski definition) is 2. The maximum absolute atomic E-state index is 4.88. The highest BCUT2D eigenvalue weighted by Gasteiger charge is 1.91. The second-order valence-corrected chi connectivity index (χ2v) is 2.05. The Morgan fingerprint density at radius 2 is 2.30 bits per heavy atom. The van der Waals surface area contributed by atoms with Crippen LogP contribution in [0.1, 0.15) is 0 Å². The molecular formula is C8H6NO. The van der Waals surface area contributed by atoms with Gasteiger partial charge in [0.15, 0.2) is 13.0 Å². The predicted octanol–water partition coefficient (Wildman–Crippen LogP) is -0.0911. The van der Waals surface area contributed by atoms with Crippen LogP contribution in [0.2, 0.25) is 0 Å². The van der Waals surface area contributed by atoms with E-state index in [4.69, 9.17) is 4.74 Å². The summed E-state index contributed by atoms with van der Waals surface area (Å²) < 4.78 is 4.88. The molecule has 0 spiro atoms. The summed E-state index contributed by atoms with van der Waals surface area (Å²) in [7, 11) is 0.